The minimum atomic E-state index is -0.737. The predicted octanol–water partition coefficient (Wildman–Crippen LogP) is 2.18. The van der Waals surface area contributed by atoms with E-state index in [1.807, 2.05) is 0 Å². The third kappa shape index (κ3) is 3.94. The average Bonchev–Trinajstić information content (AvgIpc) is 2.43. The molecule has 1 amide bonds. The number of nitrogens with zero attached hydrogens (tertiary/aromatic N) is 1. The second-order valence-corrected chi connectivity index (χ2v) is 6.75. The lowest BCUT2D eigenvalue weighted by Crippen LogP contribution is -2.44. The Balaban J connectivity index is 2.08. The lowest BCUT2D eigenvalue weighted by molar-refractivity contribution is -0.0278. The number of rotatable bonds is 4. The van der Waals surface area contributed by atoms with E-state index >= 15 is 0 Å². The van der Waals surface area contributed by atoms with Gasteiger partial charge < -0.3 is 15.7 Å². The monoisotopic (exact) mass is 291 g/mol. The van der Waals surface area contributed by atoms with Crippen LogP contribution >= 0.6 is 0 Å². The number of hydrogen-bond acceptors (Lipinski definition) is 4. The van der Waals surface area contributed by atoms with Gasteiger partial charge in [-0.2, -0.15) is 0 Å². The lowest BCUT2D eigenvalue weighted by atomic mass is 9.70. The van der Waals surface area contributed by atoms with Gasteiger partial charge in [0, 0.05) is 19.8 Å². The van der Waals surface area contributed by atoms with Gasteiger partial charge in [0.05, 0.1) is 11.2 Å². The Morgan fingerprint density at radius 2 is 2.19 bits per heavy atom. The molecule has 1 unspecified atom stereocenters. The van der Waals surface area contributed by atoms with Crippen molar-refractivity contribution in [2.45, 2.75) is 45.1 Å². The Labute approximate surface area is 126 Å². The van der Waals surface area contributed by atoms with Crippen LogP contribution in [0.5, 0.6) is 0 Å². The highest BCUT2D eigenvalue weighted by molar-refractivity contribution is 5.98. The Hall–Kier alpha value is -1.62. The third-order valence-electron chi connectivity index (χ3n) is 4.17. The van der Waals surface area contributed by atoms with E-state index in [0.29, 0.717) is 17.9 Å². The zero-order chi connectivity index (χ0) is 15.5. The molecule has 0 saturated heterocycles. The molecule has 1 atom stereocenters. The van der Waals surface area contributed by atoms with Gasteiger partial charge in [0.25, 0.3) is 5.91 Å². The number of amides is 1. The van der Waals surface area contributed by atoms with Gasteiger partial charge in [0.1, 0.15) is 5.82 Å². The van der Waals surface area contributed by atoms with Gasteiger partial charge in [-0.25, -0.2) is 4.98 Å². The molecule has 5 heteroatoms. The van der Waals surface area contributed by atoms with Crippen LogP contribution in [-0.4, -0.2) is 35.2 Å². The molecule has 1 aromatic rings. The normalized spacial score (nSPS) is 24.4. The molecule has 116 valence electrons. The molecule has 0 bridgehead atoms. The van der Waals surface area contributed by atoms with E-state index in [0.717, 1.165) is 25.7 Å². The zero-order valence-corrected chi connectivity index (χ0v) is 13.1. The fraction of sp³-hybridized carbons (Fsp3) is 0.625. The molecule has 0 aromatic carbocycles. The molecule has 1 saturated carbocycles. The number of carbonyl (C=O) groups is 1. The highest BCUT2D eigenvalue weighted by Gasteiger charge is 2.38. The second-order valence-electron chi connectivity index (χ2n) is 6.75. The molecule has 1 heterocycles. The Morgan fingerprint density at radius 3 is 2.86 bits per heavy atom. The van der Waals surface area contributed by atoms with Crippen molar-refractivity contribution in [3.05, 3.63) is 23.9 Å². The molecular weight excluding hydrogens is 266 g/mol. The molecule has 0 aliphatic heterocycles. The average molecular weight is 291 g/mol. The van der Waals surface area contributed by atoms with Crippen LogP contribution in [0, 0.1) is 5.41 Å². The minimum absolute atomic E-state index is 0.155. The Kier molecular flexibility index (Phi) is 4.52. The van der Waals surface area contributed by atoms with Crippen molar-refractivity contribution in [1.29, 1.82) is 0 Å². The van der Waals surface area contributed by atoms with Crippen LogP contribution in [0.1, 0.15) is 49.9 Å². The topological polar surface area (TPSA) is 74.2 Å². The van der Waals surface area contributed by atoms with E-state index in [-0.39, 0.29) is 11.3 Å². The summed E-state index contributed by atoms with van der Waals surface area (Å²) in [5.41, 5.74) is -0.0829. The maximum atomic E-state index is 11.8. The number of aliphatic hydroxyl groups is 1. The third-order valence-corrected chi connectivity index (χ3v) is 4.17. The summed E-state index contributed by atoms with van der Waals surface area (Å²) in [4.78, 5) is 16.0. The fourth-order valence-corrected chi connectivity index (χ4v) is 3.23. The quantitative estimate of drug-likeness (QED) is 0.795. The van der Waals surface area contributed by atoms with Crippen LogP contribution in [0.25, 0.3) is 0 Å². The number of aromatic nitrogens is 1. The molecule has 1 aliphatic rings. The zero-order valence-electron chi connectivity index (χ0n) is 13.1. The van der Waals surface area contributed by atoms with Crippen LogP contribution in [0.15, 0.2) is 18.3 Å². The number of pyridine rings is 1. The van der Waals surface area contributed by atoms with Crippen molar-refractivity contribution in [1.82, 2.24) is 10.3 Å². The van der Waals surface area contributed by atoms with Crippen molar-refractivity contribution in [2.75, 3.05) is 18.9 Å². The van der Waals surface area contributed by atoms with Crippen LogP contribution in [0.4, 0.5) is 5.82 Å². The highest BCUT2D eigenvalue weighted by Crippen LogP contribution is 2.40. The van der Waals surface area contributed by atoms with Gasteiger partial charge in [-0.1, -0.05) is 13.8 Å². The first kappa shape index (κ1) is 15.8. The van der Waals surface area contributed by atoms with Crippen LogP contribution in [-0.2, 0) is 0 Å². The van der Waals surface area contributed by atoms with Crippen LogP contribution in [0.3, 0.4) is 0 Å². The van der Waals surface area contributed by atoms with E-state index in [9.17, 15) is 9.90 Å². The number of hydrogen-bond donors (Lipinski definition) is 3. The lowest BCUT2D eigenvalue weighted by Gasteiger charge is -2.41. The molecule has 0 radical (unpaired) electrons. The van der Waals surface area contributed by atoms with Crippen molar-refractivity contribution < 1.29 is 9.90 Å². The first-order chi connectivity index (χ1) is 9.85. The summed E-state index contributed by atoms with van der Waals surface area (Å²) < 4.78 is 0. The largest absolute Gasteiger partial charge is 0.388 e. The van der Waals surface area contributed by atoms with E-state index in [1.54, 1.807) is 25.4 Å². The predicted molar refractivity (Wildman–Crippen MR) is 83.3 cm³/mol. The van der Waals surface area contributed by atoms with Crippen molar-refractivity contribution in [3.8, 4) is 0 Å². The summed E-state index contributed by atoms with van der Waals surface area (Å²) in [5.74, 6) is 0.343. The highest BCUT2D eigenvalue weighted by atomic mass is 16.3. The molecule has 2 rings (SSSR count). The van der Waals surface area contributed by atoms with Crippen LogP contribution < -0.4 is 10.6 Å². The molecular formula is C16H25N3O2. The van der Waals surface area contributed by atoms with Gasteiger partial charge in [0.2, 0.25) is 0 Å². The van der Waals surface area contributed by atoms with Gasteiger partial charge in [0.15, 0.2) is 0 Å². The van der Waals surface area contributed by atoms with Gasteiger partial charge in [-0.15, -0.1) is 0 Å². The SMILES string of the molecule is CNC(=O)c1cccnc1NCC1(O)CCCC(C)(C)C1. The van der Waals surface area contributed by atoms with E-state index < -0.39 is 5.60 Å². The molecule has 1 aromatic heterocycles. The summed E-state index contributed by atoms with van der Waals surface area (Å²) >= 11 is 0. The van der Waals surface area contributed by atoms with E-state index in [2.05, 4.69) is 29.5 Å². The van der Waals surface area contributed by atoms with Gasteiger partial charge in [-0.05, 0) is 43.2 Å². The second kappa shape index (κ2) is 6.02. The summed E-state index contributed by atoms with van der Waals surface area (Å²) in [7, 11) is 1.59. The smallest absolute Gasteiger partial charge is 0.254 e. The number of carbonyl (C=O) groups excluding carboxylic acids is 1. The van der Waals surface area contributed by atoms with Gasteiger partial charge >= 0.3 is 0 Å². The Morgan fingerprint density at radius 1 is 1.43 bits per heavy atom. The molecule has 21 heavy (non-hydrogen) atoms. The van der Waals surface area contributed by atoms with E-state index in [1.165, 1.54) is 0 Å². The van der Waals surface area contributed by atoms with Crippen molar-refractivity contribution in [3.63, 3.8) is 0 Å². The number of anilines is 1. The van der Waals surface area contributed by atoms with Crippen LogP contribution in [0.2, 0.25) is 0 Å². The van der Waals surface area contributed by atoms with Crippen molar-refractivity contribution >= 4 is 11.7 Å². The molecule has 1 fully saturated rings. The summed E-state index contributed by atoms with van der Waals surface area (Å²) in [6.45, 7) is 4.79. The Bertz CT molecular complexity index is 516. The maximum Gasteiger partial charge on any atom is 0.254 e. The van der Waals surface area contributed by atoms with Gasteiger partial charge in [-0.3, -0.25) is 4.79 Å². The maximum absolute atomic E-state index is 11.8. The summed E-state index contributed by atoms with van der Waals surface area (Å²) in [6.07, 6.45) is 5.35. The number of nitrogens with one attached hydrogen (secondary N) is 2. The van der Waals surface area contributed by atoms with E-state index in [4.69, 9.17) is 0 Å². The summed E-state index contributed by atoms with van der Waals surface area (Å²) in [6, 6.07) is 3.46. The molecule has 5 nitrogen and oxygen atoms in total. The summed E-state index contributed by atoms with van der Waals surface area (Å²) in [5, 5.41) is 16.5. The fourth-order valence-electron chi connectivity index (χ4n) is 3.23. The standard InChI is InChI=1S/C16H25N3O2/c1-15(2)7-5-8-16(21,10-15)11-19-13-12(14(20)17-3)6-4-9-18-13/h4,6,9,21H,5,7-8,10-11H2,1-3H3,(H,17,20)(H,18,19). The molecule has 0 spiro atoms. The molecule has 1 aliphatic carbocycles. The molecule has 3 N–H and O–H groups in total. The minimum Gasteiger partial charge on any atom is -0.388 e. The first-order valence-corrected chi connectivity index (χ1v) is 7.49. The van der Waals surface area contributed by atoms with Crippen molar-refractivity contribution in [2.24, 2.45) is 5.41 Å². The first-order valence-electron chi connectivity index (χ1n) is 7.49.